The van der Waals surface area contributed by atoms with Crippen molar-refractivity contribution in [2.75, 3.05) is 0 Å². The minimum atomic E-state index is -0.254. The first kappa shape index (κ1) is 19.5. The van der Waals surface area contributed by atoms with Gasteiger partial charge in [0.1, 0.15) is 18.1 Å². The highest BCUT2D eigenvalue weighted by Crippen LogP contribution is 2.25. The predicted octanol–water partition coefficient (Wildman–Crippen LogP) is 4.32. The number of hydrazone groups is 1. The lowest BCUT2D eigenvalue weighted by molar-refractivity contribution is -0.120. The van der Waals surface area contributed by atoms with E-state index in [4.69, 9.17) is 16.3 Å². The molecule has 0 radical (unpaired) electrons. The molecule has 0 unspecified atom stereocenters. The van der Waals surface area contributed by atoms with E-state index in [1.54, 1.807) is 24.3 Å². The van der Waals surface area contributed by atoms with E-state index >= 15 is 0 Å². The summed E-state index contributed by atoms with van der Waals surface area (Å²) in [6.07, 6.45) is 1.69. The molecule has 0 bridgehead atoms. The Morgan fingerprint density at radius 2 is 1.79 bits per heavy atom. The molecule has 2 N–H and O–H groups in total. The van der Waals surface area contributed by atoms with E-state index in [1.807, 2.05) is 36.4 Å². The summed E-state index contributed by atoms with van der Waals surface area (Å²) in [7, 11) is 0. The summed E-state index contributed by atoms with van der Waals surface area (Å²) in [5.41, 5.74) is 5.05. The number of halogens is 1. The van der Waals surface area contributed by atoms with Gasteiger partial charge in [-0.1, -0.05) is 54.1 Å². The highest BCUT2D eigenvalue weighted by Gasteiger charge is 2.04. The lowest BCUT2D eigenvalue weighted by Crippen LogP contribution is -2.19. The smallest absolute Gasteiger partial charge is 0.244 e. The van der Waals surface area contributed by atoms with Crippen molar-refractivity contribution in [1.29, 1.82) is 0 Å². The summed E-state index contributed by atoms with van der Waals surface area (Å²) in [4.78, 5) is 11.9. The molecule has 3 rings (SSSR count). The second-order valence-corrected chi connectivity index (χ2v) is 6.51. The summed E-state index contributed by atoms with van der Waals surface area (Å²) in [6.45, 7) is 0.432. The number of carbonyl (C=O) groups excluding carboxylic acids is 1. The third-order valence-electron chi connectivity index (χ3n) is 3.90. The van der Waals surface area contributed by atoms with Gasteiger partial charge in [0.15, 0.2) is 0 Å². The van der Waals surface area contributed by atoms with Crippen LogP contribution in [0.5, 0.6) is 11.5 Å². The number of amides is 1. The van der Waals surface area contributed by atoms with E-state index in [2.05, 4.69) is 10.5 Å². The fourth-order valence-corrected chi connectivity index (χ4v) is 2.71. The molecule has 0 spiro atoms. The minimum Gasteiger partial charge on any atom is -0.508 e. The molecule has 0 fully saturated rings. The van der Waals surface area contributed by atoms with Crippen molar-refractivity contribution in [3.05, 3.63) is 94.5 Å². The molecule has 0 atom stereocenters. The first-order valence-corrected chi connectivity index (χ1v) is 9.04. The molecule has 0 heterocycles. The van der Waals surface area contributed by atoms with Crippen molar-refractivity contribution < 1.29 is 14.6 Å². The van der Waals surface area contributed by atoms with Gasteiger partial charge in [-0.25, -0.2) is 5.43 Å². The zero-order valence-corrected chi connectivity index (χ0v) is 15.8. The number of hydrogen-bond donors (Lipinski definition) is 2. The monoisotopic (exact) mass is 394 g/mol. The SMILES string of the molecule is O=C(Cc1ccc(O)cc1)N/N=C\c1ccc(OCc2ccccc2)c(Cl)c1. The van der Waals surface area contributed by atoms with Gasteiger partial charge in [-0.05, 0) is 47.0 Å². The van der Waals surface area contributed by atoms with E-state index in [0.717, 1.165) is 16.7 Å². The zero-order valence-electron chi connectivity index (χ0n) is 15.0. The highest BCUT2D eigenvalue weighted by atomic mass is 35.5. The Balaban J connectivity index is 1.51. The average Bonchev–Trinajstić information content (AvgIpc) is 2.70. The van der Waals surface area contributed by atoms with Crippen LogP contribution >= 0.6 is 11.6 Å². The Hall–Kier alpha value is -3.31. The topological polar surface area (TPSA) is 70.9 Å². The maximum absolute atomic E-state index is 11.9. The van der Waals surface area contributed by atoms with E-state index in [9.17, 15) is 9.90 Å². The van der Waals surface area contributed by atoms with Gasteiger partial charge >= 0.3 is 0 Å². The number of ether oxygens (including phenoxy) is 1. The molecule has 0 aromatic heterocycles. The van der Waals surface area contributed by atoms with Gasteiger partial charge in [-0.15, -0.1) is 0 Å². The number of hydrogen-bond acceptors (Lipinski definition) is 4. The highest BCUT2D eigenvalue weighted by molar-refractivity contribution is 6.32. The molecule has 3 aromatic rings. The van der Waals surface area contributed by atoms with Crippen molar-refractivity contribution in [3.63, 3.8) is 0 Å². The number of nitrogens with one attached hydrogen (secondary N) is 1. The molecule has 0 aliphatic rings. The summed E-state index contributed by atoms with van der Waals surface area (Å²) in [5, 5.41) is 13.7. The fourth-order valence-electron chi connectivity index (χ4n) is 2.47. The molecule has 1 amide bonds. The van der Waals surface area contributed by atoms with Gasteiger partial charge in [-0.2, -0.15) is 5.10 Å². The molecular weight excluding hydrogens is 376 g/mol. The molecule has 142 valence electrons. The number of phenolic OH excluding ortho intramolecular Hbond substituents is 1. The Morgan fingerprint density at radius 3 is 2.50 bits per heavy atom. The fraction of sp³-hybridized carbons (Fsp3) is 0.0909. The van der Waals surface area contributed by atoms with E-state index in [-0.39, 0.29) is 18.1 Å². The summed E-state index contributed by atoms with van der Waals surface area (Å²) in [6, 6.07) is 21.6. The molecule has 5 nitrogen and oxygen atoms in total. The molecule has 0 aliphatic carbocycles. The van der Waals surface area contributed by atoms with Gasteiger partial charge in [0, 0.05) is 0 Å². The van der Waals surface area contributed by atoms with Crippen LogP contribution in [0.15, 0.2) is 77.9 Å². The Morgan fingerprint density at radius 1 is 1.04 bits per heavy atom. The lowest BCUT2D eigenvalue weighted by Gasteiger charge is -2.08. The first-order valence-electron chi connectivity index (χ1n) is 8.66. The maximum Gasteiger partial charge on any atom is 0.244 e. The normalized spacial score (nSPS) is 10.8. The van der Waals surface area contributed by atoms with Gasteiger partial charge in [0.05, 0.1) is 17.7 Å². The van der Waals surface area contributed by atoms with Crippen molar-refractivity contribution in [3.8, 4) is 11.5 Å². The van der Waals surface area contributed by atoms with Crippen molar-refractivity contribution in [2.45, 2.75) is 13.0 Å². The van der Waals surface area contributed by atoms with Gasteiger partial charge in [0.2, 0.25) is 5.91 Å². The lowest BCUT2D eigenvalue weighted by atomic mass is 10.1. The van der Waals surface area contributed by atoms with Crippen LogP contribution in [0.3, 0.4) is 0 Å². The predicted molar refractivity (Wildman–Crippen MR) is 110 cm³/mol. The summed E-state index contributed by atoms with van der Waals surface area (Å²) >= 11 is 6.26. The molecular formula is C22H19ClN2O3. The number of benzene rings is 3. The second kappa shape index (κ2) is 9.58. The van der Waals surface area contributed by atoms with Crippen LogP contribution in [-0.2, 0) is 17.8 Å². The van der Waals surface area contributed by atoms with Gasteiger partial charge in [0.25, 0.3) is 0 Å². The van der Waals surface area contributed by atoms with E-state index < -0.39 is 0 Å². The number of phenols is 1. The van der Waals surface area contributed by atoms with E-state index in [1.165, 1.54) is 18.3 Å². The minimum absolute atomic E-state index is 0.162. The number of aromatic hydroxyl groups is 1. The van der Waals surface area contributed by atoms with Crippen LogP contribution in [0.4, 0.5) is 0 Å². The molecule has 3 aromatic carbocycles. The standard InChI is InChI=1S/C22H19ClN2O3/c23-20-12-18(8-11-21(20)28-15-17-4-2-1-3-5-17)14-24-25-22(27)13-16-6-9-19(26)10-7-16/h1-12,14,26H,13,15H2,(H,25,27)/b24-14-. The van der Waals surface area contributed by atoms with Crippen LogP contribution in [0.1, 0.15) is 16.7 Å². The third kappa shape index (κ3) is 5.86. The number of nitrogens with zero attached hydrogens (tertiary/aromatic N) is 1. The number of rotatable bonds is 7. The Bertz CT molecular complexity index is 957. The zero-order chi connectivity index (χ0) is 19.8. The van der Waals surface area contributed by atoms with Crippen LogP contribution in [0.25, 0.3) is 0 Å². The van der Waals surface area contributed by atoms with Crippen molar-refractivity contribution in [1.82, 2.24) is 5.43 Å². The van der Waals surface area contributed by atoms with Crippen LogP contribution in [-0.4, -0.2) is 17.2 Å². The average molecular weight is 395 g/mol. The third-order valence-corrected chi connectivity index (χ3v) is 4.19. The first-order chi connectivity index (χ1) is 13.6. The molecule has 6 heteroatoms. The molecule has 0 saturated carbocycles. The molecule has 0 saturated heterocycles. The summed E-state index contributed by atoms with van der Waals surface area (Å²) < 4.78 is 5.73. The van der Waals surface area contributed by atoms with E-state index in [0.29, 0.717) is 17.4 Å². The van der Waals surface area contributed by atoms with Gasteiger partial charge in [-0.3, -0.25) is 4.79 Å². The quantitative estimate of drug-likeness (QED) is 0.463. The molecule has 0 aliphatic heterocycles. The van der Waals surface area contributed by atoms with Crippen LogP contribution < -0.4 is 10.2 Å². The van der Waals surface area contributed by atoms with Crippen LogP contribution in [0, 0.1) is 0 Å². The maximum atomic E-state index is 11.9. The Labute approximate surface area is 168 Å². The number of carbonyl (C=O) groups is 1. The van der Waals surface area contributed by atoms with Gasteiger partial charge < -0.3 is 9.84 Å². The van der Waals surface area contributed by atoms with Crippen LogP contribution in [0.2, 0.25) is 5.02 Å². The van der Waals surface area contributed by atoms with Crippen molar-refractivity contribution in [2.24, 2.45) is 5.10 Å². The molecule has 28 heavy (non-hydrogen) atoms. The van der Waals surface area contributed by atoms with Crippen molar-refractivity contribution >= 4 is 23.7 Å². The summed E-state index contributed by atoms with van der Waals surface area (Å²) in [5.74, 6) is 0.491. The second-order valence-electron chi connectivity index (χ2n) is 6.10. The largest absolute Gasteiger partial charge is 0.508 e. The Kier molecular flexibility index (Phi) is 6.65.